The van der Waals surface area contributed by atoms with Gasteiger partial charge in [-0.3, -0.25) is 13.7 Å². The first-order chi connectivity index (χ1) is 24.1. The van der Waals surface area contributed by atoms with Gasteiger partial charge in [-0.2, -0.15) is 25.3 Å². The molecule has 5 aromatic carbocycles. The average Bonchev–Trinajstić information content (AvgIpc) is 3.09. The number of nitrogens with zero attached hydrogens (tertiary/aromatic N) is 2. The molecule has 0 aliphatic carbocycles. The molecular formula is C37H37N2Na2O9S3+. The van der Waals surface area contributed by atoms with Gasteiger partial charge in [-0.05, 0) is 60.9 Å². The van der Waals surface area contributed by atoms with E-state index < -0.39 is 30.4 Å². The Morgan fingerprint density at radius 3 is 1.43 bits per heavy atom. The zero-order valence-electron chi connectivity index (χ0n) is 29.8. The maximum Gasteiger partial charge on any atom is 1.00 e. The van der Waals surface area contributed by atoms with Crippen LogP contribution >= 0.6 is 0 Å². The Balaban J connectivity index is 0.00000378. The van der Waals surface area contributed by atoms with Crippen LogP contribution in [0.2, 0.25) is 0 Å². The zero-order valence-corrected chi connectivity index (χ0v) is 36.2. The smallest absolute Gasteiger partial charge is 0.369 e. The maximum absolute atomic E-state index is 12.5. The summed E-state index contributed by atoms with van der Waals surface area (Å²) in [7, 11) is -13.2. The molecule has 0 atom stereocenters. The van der Waals surface area contributed by atoms with Crippen LogP contribution in [0.4, 0.5) is 11.4 Å². The molecule has 0 aliphatic rings. The van der Waals surface area contributed by atoms with E-state index in [9.17, 15) is 38.9 Å². The van der Waals surface area contributed by atoms with Crippen molar-refractivity contribution >= 4 is 41.7 Å². The van der Waals surface area contributed by atoms with E-state index in [1.165, 1.54) is 36.4 Å². The van der Waals surface area contributed by atoms with E-state index in [-0.39, 0.29) is 73.8 Å². The van der Waals surface area contributed by atoms with Crippen molar-refractivity contribution in [1.82, 2.24) is 0 Å². The first kappa shape index (κ1) is 44.7. The molecule has 0 unspecified atom stereocenters. The standard InChI is InChI=1S/C37H37N2O9S3.2Na/c1-3-38(25-28-11-19-33(20-12-28)49(40,41)42)31-16-9-27(10-17-31)23-30-15-18-32(24-36(30)35-7-5-6-8-37(35)51(46,47)48)39(4-2)26-29-13-21-34(22-14-29)50(43,44)45;;/h5-24H,3-4,25-26H2,1-2H3,(H,40,41,42)(H,43,44,45)(H,46,47,48);;/q-1;2*+1. The van der Waals surface area contributed by atoms with Gasteiger partial charge in [0.1, 0.15) is 0 Å². The first-order valence-corrected chi connectivity index (χ1v) is 20.2. The summed E-state index contributed by atoms with van der Waals surface area (Å²) in [4.78, 5) is 3.51. The zero-order chi connectivity index (χ0) is 37.0. The number of anilines is 2. The number of benzene rings is 5. The summed E-state index contributed by atoms with van der Waals surface area (Å²) >= 11 is 0. The van der Waals surface area contributed by atoms with Gasteiger partial charge in [0, 0.05) is 37.6 Å². The fourth-order valence-corrected chi connectivity index (χ4v) is 7.39. The Hall–Kier alpha value is -2.70. The summed E-state index contributed by atoms with van der Waals surface area (Å²) in [6.07, 6.45) is 1.92. The van der Waals surface area contributed by atoms with Crippen LogP contribution in [0.5, 0.6) is 0 Å². The number of hydrogen-bond donors (Lipinski definition) is 3. The third-order valence-corrected chi connectivity index (χ3v) is 11.0. The van der Waals surface area contributed by atoms with Gasteiger partial charge in [0.05, 0.1) is 14.7 Å². The number of rotatable bonds is 14. The molecule has 0 saturated carbocycles. The predicted molar refractivity (Wildman–Crippen MR) is 197 cm³/mol. The van der Waals surface area contributed by atoms with Gasteiger partial charge >= 0.3 is 59.1 Å². The molecule has 268 valence electrons. The molecule has 11 nitrogen and oxygen atoms in total. The Morgan fingerprint density at radius 1 is 0.528 bits per heavy atom. The molecule has 0 aromatic heterocycles. The largest absolute Gasteiger partial charge is 1.00 e. The minimum atomic E-state index is -4.57. The third kappa shape index (κ3) is 11.7. The summed E-state index contributed by atoms with van der Waals surface area (Å²) in [6, 6.07) is 31.5. The van der Waals surface area contributed by atoms with Crippen LogP contribution in [0.1, 0.15) is 36.1 Å². The van der Waals surface area contributed by atoms with Crippen molar-refractivity contribution in [2.24, 2.45) is 0 Å². The van der Waals surface area contributed by atoms with Gasteiger partial charge in [0.25, 0.3) is 30.4 Å². The monoisotopic (exact) mass is 795 g/mol. The van der Waals surface area contributed by atoms with Gasteiger partial charge in [0.2, 0.25) is 0 Å². The topological polar surface area (TPSA) is 170 Å². The Bertz CT molecular complexity index is 2340. The molecule has 0 spiro atoms. The van der Waals surface area contributed by atoms with Crippen LogP contribution in [0.3, 0.4) is 0 Å². The van der Waals surface area contributed by atoms with Crippen LogP contribution in [0.25, 0.3) is 11.1 Å². The minimum Gasteiger partial charge on any atom is -0.369 e. The number of hydrogen-bond acceptors (Lipinski definition) is 8. The van der Waals surface area contributed by atoms with Crippen molar-refractivity contribution in [3.05, 3.63) is 144 Å². The second-order valence-corrected chi connectivity index (χ2v) is 16.0. The molecule has 5 rings (SSSR count). The van der Waals surface area contributed by atoms with Crippen LogP contribution in [-0.4, -0.2) is 52.0 Å². The molecule has 0 bridgehead atoms. The van der Waals surface area contributed by atoms with E-state index in [1.807, 2.05) is 67.6 Å². The Morgan fingerprint density at radius 2 is 0.981 bits per heavy atom. The molecule has 16 heteroatoms. The fourth-order valence-electron chi connectivity index (χ4n) is 5.72. The summed E-state index contributed by atoms with van der Waals surface area (Å²) in [6.45, 7) is 6.07. The maximum atomic E-state index is 12.5. The Kier molecular flexibility index (Phi) is 15.8. The van der Waals surface area contributed by atoms with E-state index in [0.29, 0.717) is 42.9 Å². The van der Waals surface area contributed by atoms with Crippen molar-refractivity contribution in [2.75, 3.05) is 22.9 Å². The molecule has 0 fully saturated rings. The van der Waals surface area contributed by atoms with E-state index in [4.69, 9.17) is 0 Å². The molecule has 0 aliphatic heterocycles. The van der Waals surface area contributed by atoms with Gasteiger partial charge in [-0.15, -0.1) is 35.7 Å². The molecule has 3 N–H and O–H groups in total. The third-order valence-electron chi connectivity index (χ3n) is 8.39. The van der Waals surface area contributed by atoms with Crippen LogP contribution < -0.4 is 68.9 Å². The molecule has 0 saturated heterocycles. The summed E-state index contributed by atoms with van der Waals surface area (Å²) in [5, 5.41) is 0. The summed E-state index contributed by atoms with van der Waals surface area (Å²) < 4.78 is 99.5. The van der Waals surface area contributed by atoms with Crippen molar-refractivity contribution in [3.8, 4) is 11.1 Å². The van der Waals surface area contributed by atoms with Crippen molar-refractivity contribution in [1.29, 1.82) is 0 Å². The fraction of sp³-hybridized carbons (Fsp3) is 0.162. The quantitative estimate of drug-likeness (QED) is 0.0825. The normalized spacial score (nSPS) is 11.6. The van der Waals surface area contributed by atoms with Crippen LogP contribution in [0.15, 0.2) is 130 Å². The van der Waals surface area contributed by atoms with E-state index >= 15 is 0 Å². The van der Waals surface area contributed by atoms with Gasteiger partial charge in [-0.1, -0.05) is 72.3 Å². The van der Waals surface area contributed by atoms with Gasteiger partial charge < -0.3 is 9.80 Å². The average molecular weight is 796 g/mol. The molecule has 0 radical (unpaired) electrons. The SMILES string of the molecule is CCN(Cc1ccc(S(=O)(=O)O)cc1)c1ccc([CH-]c2ccc(N(CC)Cc3ccc(S(=O)(=O)O)cc3)cc2-c2ccccc2S(=O)(=O)O)cc1.[Na+].[Na+]. The second kappa shape index (κ2) is 18.8. The van der Waals surface area contributed by atoms with E-state index in [0.717, 1.165) is 28.1 Å². The molecule has 0 heterocycles. The second-order valence-electron chi connectivity index (χ2n) is 11.7. The summed E-state index contributed by atoms with van der Waals surface area (Å²) in [5.74, 6) is 0. The van der Waals surface area contributed by atoms with E-state index in [1.54, 1.807) is 36.4 Å². The predicted octanol–water partition coefficient (Wildman–Crippen LogP) is 0.755. The molecular weight excluding hydrogens is 759 g/mol. The van der Waals surface area contributed by atoms with Crippen LogP contribution in [-0.2, 0) is 43.4 Å². The first-order valence-electron chi connectivity index (χ1n) is 15.9. The molecule has 0 amide bonds. The summed E-state index contributed by atoms with van der Waals surface area (Å²) in [5.41, 5.74) is 5.73. The Labute approximate surface area is 355 Å². The van der Waals surface area contributed by atoms with Gasteiger partial charge in [0.15, 0.2) is 0 Å². The molecule has 53 heavy (non-hydrogen) atoms. The van der Waals surface area contributed by atoms with Crippen molar-refractivity contribution in [3.63, 3.8) is 0 Å². The minimum absolute atomic E-state index is 0. The van der Waals surface area contributed by atoms with Crippen molar-refractivity contribution < 1.29 is 98.0 Å². The van der Waals surface area contributed by atoms with Gasteiger partial charge in [-0.25, -0.2) is 0 Å². The molecule has 5 aromatic rings. The van der Waals surface area contributed by atoms with E-state index in [2.05, 4.69) is 4.90 Å². The van der Waals surface area contributed by atoms with Crippen LogP contribution in [0, 0.1) is 6.42 Å². The van der Waals surface area contributed by atoms with Crippen molar-refractivity contribution in [2.45, 2.75) is 41.6 Å².